The Hall–Kier alpha value is -2.85. The number of hydrogen-bond acceptors (Lipinski definition) is 8. The summed E-state index contributed by atoms with van der Waals surface area (Å²) in [7, 11) is 3.19. The van der Waals surface area contributed by atoms with Gasteiger partial charge in [0.15, 0.2) is 5.78 Å². The molecule has 0 bridgehead atoms. The first kappa shape index (κ1) is 21.8. The number of nitrogens with one attached hydrogen (secondary N) is 2. The molecule has 0 saturated carbocycles. The van der Waals surface area contributed by atoms with Gasteiger partial charge in [0.2, 0.25) is 11.1 Å². The average molecular weight is 490 g/mol. The van der Waals surface area contributed by atoms with Crippen LogP contribution in [0.1, 0.15) is 22.8 Å². The van der Waals surface area contributed by atoms with Crippen LogP contribution in [0.15, 0.2) is 57.2 Å². The average Bonchev–Trinajstić information content (AvgIpc) is 3.23. The largest absolute Gasteiger partial charge is 0.497 e. The molecule has 0 fully saturated rings. The topological polar surface area (TPSA) is 101 Å². The lowest BCUT2D eigenvalue weighted by molar-refractivity contribution is 0.102. The maximum Gasteiger partial charge on any atom is 0.240 e. The Morgan fingerprint density at radius 3 is 2.67 bits per heavy atom. The quantitative estimate of drug-likeness (QED) is 0.199. The van der Waals surface area contributed by atoms with Gasteiger partial charge < -0.3 is 9.47 Å². The molecule has 0 unspecified atom stereocenters. The number of rotatable bonds is 9. The minimum atomic E-state index is 0.00674. The highest BCUT2D eigenvalue weighted by Gasteiger charge is 2.11. The predicted molar refractivity (Wildman–Crippen MR) is 121 cm³/mol. The zero-order valence-corrected chi connectivity index (χ0v) is 19.0. The fourth-order valence-electron chi connectivity index (χ4n) is 2.50. The molecular weight excluding hydrogens is 470 g/mol. The molecule has 0 aliphatic carbocycles. The Morgan fingerprint density at radius 1 is 1.20 bits per heavy atom. The number of ketones is 1. The molecule has 0 radical (unpaired) electrons. The third-order valence-electron chi connectivity index (χ3n) is 4.09. The second-order valence-electron chi connectivity index (χ2n) is 6.06. The van der Waals surface area contributed by atoms with Crippen LogP contribution >= 0.6 is 27.7 Å². The van der Waals surface area contributed by atoms with Gasteiger partial charge >= 0.3 is 0 Å². The number of thioether (sulfide) groups is 1. The van der Waals surface area contributed by atoms with Crippen LogP contribution < -0.4 is 14.9 Å². The number of nitrogens with zero attached hydrogens (tertiary/aromatic N) is 3. The van der Waals surface area contributed by atoms with Crippen molar-refractivity contribution in [2.24, 2.45) is 5.10 Å². The molecule has 30 heavy (non-hydrogen) atoms. The molecule has 2 N–H and O–H groups in total. The van der Waals surface area contributed by atoms with Crippen molar-refractivity contribution >= 4 is 45.1 Å². The molecule has 156 valence electrons. The molecule has 1 aromatic heterocycles. The summed E-state index contributed by atoms with van der Waals surface area (Å²) in [5, 5.41) is 11.6. The number of Topliss-reactive ketones (excluding diaryl/α,β-unsaturated/α-hetero) is 1. The summed E-state index contributed by atoms with van der Waals surface area (Å²) in [4.78, 5) is 16.5. The Balaban J connectivity index is 1.60. The predicted octanol–water partition coefficient (Wildman–Crippen LogP) is 4.40. The van der Waals surface area contributed by atoms with Crippen molar-refractivity contribution in [3.63, 3.8) is 0 Å². The van der Waals surface area contributed by atoms with Gasteiger partial charge in [-0.2, -0.15) is 10.1 Å². The Morgan fingerprint density at radius 2 is 1.97 bits per heavy atom. The van der Waals surface area contributed by atoms with Gasteiger partial charge in [0, 0.05) is 21.7 Å². The standard InChI is InChI=1S/C20H20BrN5O3S/c1-12(16-9-8-15(28-2)10-18(16)29-3)23-24-19-22-20(26-25-19)30-11-17(27)13-4-6-14(21)7-5-13/h4-10H,11H2,1-3H3,(H2,22,24,25,26)/b23-12-. The van der Waals surface area contributed by atoms with Crippen molar-refractivity contribution in [1.29, 1.82) is 0 Å². The lowest BCUT2D eigenvalue weighted by atomic mass is 10.1. The second kappa shape index (κ2) is 10.3. The van der Waals surface area contributed by atoms with Crippen molar-refractivity contribution < 1.29 is 14.3 Å². The number of aromatic amines is 1. The van der Waals surface area contributed by atoms with E-state index in [9.17, 15) is 4.79 Å². The number of halogens is 1. The Labute approximate surface area is 186 Å². The van der Waals surface area contributed by atoms with Crippen LogP contribution in [0.2, 0.25) is 0 Å². The highest BCUT2D eigenvalue weighted by atomic mass is 79.9. The van der Waals surface area contributed by atoms with Crippen LogP contribution in [0.25, 0.3) is 0 Å². The number of H-pyrrole nitrogens is 1. The van der Waals surface area contributed by atoms with Crippen LogP contribution in [0.5, 0.6) is 11.5 Å². The first-order valence-corrected chi connectivity index (χ1v) is 10.6. The molecule has 0 amide bonds. The summed E-state index contributed by atoms with van der Waals surface area (Å²) < 4.78 is 11.5. The minimum absolute atomic E-state index is 0.00674. The third kappa shape index (κ3) is 5.61. The van der Waals surface area contributed by atoms with E-state index in [0.717, 1.165) is 10.0 Å². The van der Waals surface area contributed by atoms with Crippen molar-refractivity contribution in [1.82, 2.24) is 15.2 Å². The number of carbonyl (C=O) groups excluding carboxylic acids is 1. The van der Waals surface area contributed by atoms with Gasteiger partial charge in [0.05, 0.1) is 25.7 Å². The van der Waals surface area contributed by atoms with Crippen molar-refractivity contribution in [3.8, 4) is 11.5 Å². The normalized spacial score (nSPS) is 11.3. The van der Waals surface area contributed by atoms with Crippen LogP contribution in [0, 0.1) is 0 Å². The molecule has 0 atom stereocenters. The van der Waals surface area contributed by atoms with E-state index < -0.39 is 0 Å². The summed E-state index contributed by atoms with van der Waals surface area (Å²) in [6.07, 6.45) is 0. The number of carbonyl (C=O) groups is 1. The Kier molecular flexibility index (Phi) is 7.47. The summed E-state index contributed by atoms with van der Waals surface area (Å²) in [6.45, 7) is 1.85. The number of anilines is 1. The van der Waals surface area contributed by atoms with E-state index in [-0.39, 0.29) is 11.5 Å². The molecule has 0 spiro atoms. The van der Waals surface area contributed by atoms with Crippen molar-refractivity contribution in [2.75, 3.05) is 25.4 Å². The number of benzene rings is 2. The summed E-state index contributed by atoms with van der Waals surface area (Å²) >= 11 is 4.61. The van der Waals surface area contributed by atoms with E-state index in [4.69, 9.17) is 9.47 Å². The van der Waals surface area contributed by atoms with Gasteiger partial charge in [0.25, 0.3) is 0 Å². The maximum atomic E-state index is 12.3. The lowest BCUT2D eigenvalue weighted by Crippen LogP contribution is -2.03. The first-order chi connectivity index (χ1) is 14.5. The minimum Gasteiger partial charge on any atom is -0.497 e. The summed E-state index contributed by atoms with van der Waals surface area (Å²) in [5.74, 6) is 1.97. The van der Waals surface area contributed by atoms with E-state index in [0.29, 0.717) is 33.9 Å². The van der Waals surface area contributed by atoms with Gasteiger partial charge in [-0.05, 0) is 31.2 Å². The third-order valence-corrected chi connectivity index (χ3v) is 5.47. The Bertz CT molecular complexity index is 1050. The lowest BCUT2D eigenvalue weighted by Gasteiger charge is -2.10. The van der Waals surface area contributed by atoms with Crippen LogP contribution in [0.4, 0.5) is 5.95 Å². The SMILES string of the molecule is COc1ccc(/C(C)=N\Nc2nc(SCC(=O)c3ccc(Br)cc3)n[nH]2)c(OC)c1. The van der Waals surface area contributed by atoms with Crippen LogP contribution in [0.3, 0.4) is 0 Å². The number of ether oxygens (including phenoxy) is 2. The molecule has 2 aromatic carbocycles. The molecule has 1 heterocycles. The maximum absolute atomic E-state index is 12.3. The van der Waals surface area contributed by atoms with E-state index in [2.05, 4.69) is 41.6 Å². The zero-order valence-electron chi connectivity index (χ0n) is 16.6. The summed E-state index contributed by atoms with van der Waals surface area (Å²) in [5.41, 5.74) is 5.00. The first-order valence-electron chi connectivity index (χ1n) is 8.87. The smallest absolute Gasteiger partial charge is 0.240 e. The monoisotopic (exact) mass is 489 g/mol. The van der Waals surface area contributed by atoms with E-state index in [1.807, 2.05) is 31.2 Å². The van der Waals surface area contributed by atoms with E-state index >= 15 is 0 Å². The fraction of sp³-hybridized carbons (Fsp3) is 0.200. The number of hydrazone groups is 1. The molecule has 0 aliphatic heterocycles. The van der Waals surface area contributed by atoms with Gasteiger partial charge in [-0.15, -0.1) is 5.10 Å². The molecule has 8 nitrogen and oxygen atoms in total. The highest BCUT2D eigenvalue weighted by Crippen LogP contribution is 2.25. The van der Waals surface area contributed by atoms with Gasteiger partial charge in [-0.1, -0.05) is 39.8 Å². The fourth-order valence-corrected chi connectivity index (χ4v) is 3.46. The van der Waals surface area contributed by atoms with E-state index in [1.54, 1.807) is 32.4 Å². The van der Waals surface area contributed by atoms with Crippen molar-refractivity contribution in [2.45, 2.75) is 12.1 Å². The van der Waals surface area contributed by atoms with Gasteiger partial charge in [-0.25, -0.2) is 10.5 Å². The molecular formula is C20H20BrN5O3S. The number of methoxy groups -OCH3 is 2. The molecule has 3 rings (SSSR count). The molecule has 0 saturated heterocycles. The molecule has 10 heteroatoms. The van der Waals surface area contributed by atoms with Gasteiger partial charge in [0.1, 0.15) is 11.5 Å². The van der Waals surface area contributed by atoms with Crippen LogP contribution in [-0.4, -0.2) is 46.6 Å². The van der Waals surface area contributed by atoms with E-state index in [1.165, 1.54) is 11.8 Å². The van der Waals surface area contributed by atoms with Gasteiger partial charge in [-0.3, -0.25) is 4.79 Å². The second-order valence-corrected chi connectivity index (χ2v) is 7.92. The van der Waals surface area contributed by atoms with Crippen LogP contribution in [-0.2, 0) is 0 Å². The van der Waals surface area contributed by atoms with Crippen molar-refractivity contribution in [3.05, 3.63) is 58.1 Å². The zero-order chi connectivity index (χ0) is 21.5. The molecule has 3 aromatic rings. The highest BCUT2D eigenvalue weighted by molar-refractivity contribution is 9.10. The number of hydrogen-bond donors (Lipinski definition) is 2. The molecule has 0 aliphatic rings. The summed E-state index contributed by atoms with van der Waals surface area (Å²) in [6, 6.07) is 12.7. The number of aromatic nitrogens is 3.